The Balaban J connectivity index is 2.86. The number of rotatable bonds is 4. The highest BCUT2D eigenvalue weighted by molar-refractivity contribution is 4.48. The molecule has 0 bridgehead atoms. The van der Waals surface area contributed by atoms with Crippen molar-refractivity contribution in [3.05, 3.63) is 0 Å². The third-order valence-electron chi connectivity index (χ3n) is 0.736. The van der Waals surface area contributed by atoms with Gasteiger partial charge in [0.1, 0.15) is 6.61 Å². The van der Waals surface area contributed by atoms with Crippen LogP contribution in [-0.4, -0.2) is 26.9 Å². The van der Waals surface area contributed by atoms with Gasteiger partial charge in [0.05, 0.1) is 13.3 Å². The van der Waals surface area contributed by atoms with Gasteiger partial charge >= 0.3 is 0 Å². The van der Waals surface area contributed by atoms with Gasteiger partial charge in [-0.05, 0) is 7.05 Å². The van der Waals surface area contributed by atoms with Crippen molar-refractivity contribution in [3.8, 4) is 0 Å². The van der Waals surface area contributed by atoms with E-state index in [0.29, 0.717) is 6.61 Å². The summed E-state index contributed by atoms with van der Waals surface area (Å²) >= 11 is 0. The van der Waals surface area contributed by atoms with Crippen LogP contribution in [0.2, 0.25) is 0 Å². The molecule has 0 aromatic rings. The minimum absolute atomic E-state index is 0.144. The molecule has 0 radical (unpaired) electrons. The molecule has 8 heavy (non-hydrogen) atoms. The summed E-state index contributed by atoms with van der Waals surface area (Å²) in [7, 11) is 3.20. The van der Waals surface area contributed by atoms with Crippen LogP contribution in [0.1, 0.15) is 0 Å². The molecule has 0 aliphatic carbocycles. The maximum Gasteiger partial charge on any atom is 0.110 e. The van der Waals surface area contributed by atoms with E-state index in [1.807, 2.05) is 0 Å². The van der Waals surface area contributed by atoms with Gasteiger partial charge in [0.15, 0.2) is 0 Å². The number of hydrogen-bond acceptors (Lipinski definition) is 4. The third-order valence-corrected chi connectivity index (χ3v) is 0.736. The number of likely N-dealkylation sites (N-methyl/N-ethyl adjacent to an activating group) is 1. The van der Waals surface area contributed by atoms with Crippen molar-refractivity contribution in [2.75, 3.05) is 20.8 Å². The zero-order valence-electron chi connectivity index (χ0n) is 5.18. The molecule has 0 aliphatic heterocycles. The lowest BCUT2D eigenvalue weighted by Crippen LogP contribution is -2.38. The molecule has 0 aromatic heterocycles. The first-order valence-corrected chi connectivity index (χ1v) is 2.39. The van der Waals surface area contributed by atoms with Crippen LogP contribution in [0.15, 0.2) is 0 Å². The average Bonchev–Trinajstić information content (AvgIpc) is 1.83. The molecule has 0 amide bonds. The van der Waals surface area contributed by atoms with E-state index in [4.69, 9.17) is 5.73 Å². The SMILES string of the molecule is CNC(N)COOC. The van der Waals surface area contributed by atoms with Crippen LogP contribution in [0.5, 0.6) is 0 Å². The summed E-state index contributed by atoms with van der Waals surface area (Å²) in [5.41, 5.74) is 5.34. The van der Waals surface area contributed by atoms with Crippen molar-refractivity contribution in [2.24, 2.45) is 5.73 Å². The minimum Gasteiger partial charge on any atom is -0.314 e. The normalized spacial score (nSPS) is 13.9. The fourth-order valence-corrected chi connectivity index (χ4v) is 0.225. The van der Waals surface area contributed by atoms with E-state index in [1.54, 1.807) is 7.05 Å². The van der Waals surface area contributed by atoms with E-state index < -0.39 is 0 Å². The first-order valence-electron chi connectivity index (χ1n) is 2.39. The predicted octanol–water partition coefficient (Wildman–Crippen LogP) is -0.931. The Labute approximate surface area is 48.9 Å². The molecule has 4 heteroatoms. The summed E-state index contributed by atoms with van der Waals surface area (Å²) in [5, 5.41) is 2.77. The summed E-state index contributed by atoms with van der Waals surface area (Å²) in [6.07, 6.45) is -0.144. The van der Waals surface area contributed by atoms with E-state index in [9.17, 15) is 0 Å². The Bertz CT molecular complexity index is 51.3. The fourth-order valence-electron chi connectivity index (χ4n) is 0.225. The highest BCUT2D eigenvalue weighted by atomic mass is 17.2. The van der Waals surface area contributed by atoms with Gasteiger partial charge in [-0.25, -0.2) is 9.78 Å². The van der Waals surface area contributed by atoms with Crippen LogP contribution in [0.4, 0.5) is 0 Å². The molecule has 3 N–H and O–H groups in total. The lowest BCUT2D eigenvalue weighted by atomic mass is 10.6. The first kappa shape index (κ1) is 7.84. The van der Waals surface area contributed by atoms with Gasteiger partial charge in [-0.2, -0.15) is 0 Å². The quantitative estimate of drug-likeness (QED) is 0.286. The van der Waals surface area contributed by atoms with E-state index in [1.165, 1.54) is 7.11 Å². The average molecular weight is 120 g/mol. The zero-order valence-corrected chi connectivity index (χ0v) is 5.18. The predicted molar refractivity (Wildman–Crippen MR) is 30.0 cm³/mol. The standard InChI is InChI=1S/C4H12N2O2/c1-6-4(5)3-8-7-2/h4,6H,3,5H2,1-2H3. The fraction of sp³-hybridized carbons (Fsp3) is 1.00. The lowest BCUT2D eigenvalue weighted by molar-refractivity contribution is -0.275. The molecule has 1 unspecified atom stereocenters. The largest absolute Gasteiger partial charge is 0.314 e. The molecule has 4 nitrogen and oxygen atoms in total. The van der Waals surface area contributed by atoms with Crippen molar-refractivity contribution >= 4 is 0 Å². The van der Waals surface area contributed by atoms with Gasteiger partial charge < -0.3 is 11.1 Å². The van der Waals surface area contributed by atoms with E-state index in [-0.39, 0.29) is 6.17 Å². The summed E-state index contributed by atoms with van der Waals surface area (Å²) in [5.74, 6) is 0. The van der Waals surface area contributed by atoms with Crippen LogP contribution in [0.25, 0.3) is 0 Å². The van der Waals surface area contributed by atoms with Gasteiger partial charge in [0, 0.05) is 0 Å². The molecule has 0 saturated heterocycles. The van der Waals surface area contributed by atoms with Crippen molar-refractivity contribution in [1.82, 2.24) is 5.32 Å². The molecule has 0 saturated carbocycles. The van der Waals surface area contributed by atoms with Crippen LogP contribution in [0.3, 0.4) is 0 Å². The number of hydrogen-bond donors (Lipinski definition) is 2. The summed E-state index contributed by atoms with van der Waals surface area (Å²) in [6, 6.07) is 0. The zero-order chi connectivity index (χ0) is 6.41. The Kier molecular flexibility index (Phi) is 4.89. The minimum atomic E-state index is -0.144. The van der Waals surface area contributed by atoms with E-state index >= 15 is 0 Å². The van der Waals surface area contributed by atoms with Crippen molar-refractivity contribution < 1.29 is 9.78 Å². The second kappa shape index (κ2) is 4.99. The van der Waals surface area contributed by atoms with Crippen molar-refractivity contribution in [2.45, 2.75) is 6.17 Å². The van der Waals surface area contributed by atoms with Crippen LogP contribution in [0, 0.1) is 0 Å². The molecule has 1 atom stereocenters. The molecule has 0 rings (SSSR count). The van der Waals surface area contributed by atoms with Gasteiger partial charge in [-0.3, -0.25) is 0 Å². The Morgan fingerprint density at radius 1 is 1.75 bits per heavy atom. The third kappa shape index (κ3) is 4.01. The highest BCUT2D eigenvalue weighted by Crippen LogP contribution is 1.73. The smallest absolute Gasteiger partial charge is 0.110 e. The molecule has 0 fully saturated rings. The monoisotopic (exact) mass is 120 g/mol. The lowest BCUT2D eigenvalue weighted by Gasteiger charge is -2.06. The van der Waals surface area contributed by atoms with E-state index in [0.717, 1.165) is 0 Å². The van der Waals surface area contributed by atoms with Crippen molar-refractivity contribution in [3.63, 3.8) is 0 Å². The van der Waals surface area contributed by atoms with Gasteiger partial charge in [0.2, 0.25) is 0 Å². The maximum atomic E-state index is 5.34. The van der Waals surface area contributed by atoms with Gasteiger partial charge in [0.25, 0.3) is 0 Å². The maximum absolute atomic E-state index is 5.34. The second-order valence-corrected chi connectivity index (χ2v) is 1.35. The van der Waals surface area contributed by atoms with Gasteiger partial charge in [-0.15, -0.1) is 0 Å². The Morgan fingerprint density at radius 2 is 2.38 bits per heavy atom. The van der Waals surface area contributed by atoms with Gasteiger partial charge in [-0.1, -0.05) is 0 Å². The Morgan fingerprint density at radius 3 is 2.75 bits per heavy atom. The van der Waals surface area contributed by atoms with Crippen LogP contribution >= 0.6 is 0 Å². The van der Waals surface area contributed by atoms with E-state index in [2.05, 4.69) is 15.1 Å². The highest BCUT2D eigenvalue weighted by Gasteiger charge is 1.94. The molecule has 0 aliphatic rings. The first-order chi connectivity index (χ1) is 3.81. The van der Waals surface area contributed by atoms with Crippen molar-refractivity contribution in [1.29, 1.82) is 0 Å². The molecule has 0 aromatic carbocycles. The molecular formula is C4H12N2O2. The molecule has 50 valence electrons. The van der Waals surface area contributed by atoms with Crippen LogP contribution in [-0.2, 0) is 9.78 Å². The summed E-state index contributed by atoms with van der Waals surface area (Å²) in [4.78, 5) is 8.79. The summed E-state index contributed by atoms with van der Waals surface area (Å²) in [6.45, 7) is 0.368. The number of nitrogens with one attached hydrogen (secondary N) is 1. The second-order valence-electron chi connectivity index (χ2n) is 1.35. The Hall–Kier alpha value is -0.160. The molecule has 0 spiro atoms. The number of nitrogens with two attached hydrogens (primary N) is 1. The topological polar surface area (TPSA) is 56.5 Å². The molecular weight excluding hydrogens is 108 g/mol. The summed E-state index contributed by atoms with van der Waals surface area (Å²) < 4.78 is 0. The van der Waals surface area contributed by atoms with Crippen LogP contribution < -0.4 is 11.1 Å². The molecule has 0 heterocycles.